The molecule has 1 aliphatic heterocycles. The summed E-state index contributed by atoms with van der Waals surface area (Å²) in [5.74, 6) is -0.328. The number of benzene rings is 1. The van der Waals surface area contributed by atoms with Crippen LogP contribution < -0.4 is 5.32 Å². The summed E-state index contributed by atoms with van der Waals surface area (Å²) in [7, 11) is 0. The number of morpholine rings is 1. The number of halogens is 1. The van der Waals surface area contributed by atoms with Crippen LogP contribution in [0.4, 0.5) is 0 Å². The number of hydrogen-bond acceptors (Lipinski definition) is 3. The number of amides is 2. The molecule has 0 aliphatic carbocycles. The summed E-state index contributed by atoms with van der Waals surface area (Å²) in [5.41, 5.74) is 1.60. The SMILES string of the molecule is Cc1ccc(C(=O)NC(C)C(=O)N2CCOCC2)c(Br)c1. The van der Waals surface area contributed by atoms with E-state index in [1.54, 1.807) is 17.9 Å². The Balaban J connectivity index is 1.99. The van der Waals surface area contributed by atoms with Crippen LogP contribution in [-0.4, -0.2) is 49.1 Å². The highest BCUT2D eigenvalue weighted by molar-refractivity contribution is 9.10. The summed E-state index contributed by atoms with van der Waals surface area (Å²) in [5, 5.41) is 2.75. The Kier molecular flexibility index (Phi) is 5.36. The van der Waals surface area contributed by atoms with Crippen LogP contribution >= 0.6 is 15.9 Å². The molecule has 1 saturated heterocycles. The van der Waals surface area contributed by atoms with Gasteiger partial charge in [-0.3, -0.25) is 9.59 Å². The normalized spacial score (nSPS) is 16.4. The average molecular weight is 355 g/mol. The van der Waals surface area contributed by atoms with Crippen molar-refractivity contribution in [1.82, 2.24) is 10.2 Å². The van der Waals surface area contributed by atoms with E-state index in [9.17, 15) is 9.59 Å². The van der Waals surface area contributed by atoms with E-state index >= 15 is 0 Å². The molecule has 1 aliphatic rings. The van der Waals surface area contributed by atoms with E-state index in [1.807, 2.05) is 19.1 Å². The van der Waals surface area contributed by atoms with E-state index in [0.29, 0.717) is 31.9 Å². The molecule has 0 radical (unpaired) electrons. The molecule has 5 nitrogen and oxygen atoms in total. The smallest absolute Gasteiger partial charge is 0.253 e. The lowest BCUT2D eigenvalue weighted by Gasteiger charge is -2.29. The van der Waals surface area contributed by atoms with Crippen molar-refractivity contribution < 1.29 is 14.3 Å². The molecule has 2 amide bonds. The van der Waals surface area contributed by atoms with Gasteiger partial charge in [-0.05, 0) is 47.5 Å². The number of carbonyl (C=O) groups is 2. The lowest BCUT2D eigenvalue weighted by atomic mass is 10.1. The van der Waals surface area contributed by atoms with Crippen LogP contribution in [0.5, 0.6) is 0 Å². The molecule has 1 unspecified atom stereocenters. The van der Waals surface area contributed by atoms with Crippen LogP contribution in [-0.2, 0) is 9.53 Å². The minimum absolute atomic E-state index is 0.0742. The Bertz CT molecular complexity index is 542. The second kappa shape index (κ2) is 7.04. The maximum atomic E-state index is 12.2. The fraction of sp³-hybridized carbons (Fsp3) is 0.467. The zero-order chi connectivity index (χ0) is 15.4. The Hall–Kier alpha value is -1.40. The fourth-order valence-electron chi connectivity index (χ4n) is 2.20. The van der Waals surface area contributed by atoms with Crippen LogP contribution in [0.3, 0.4) is 0 Å². The van der Waals surface area contributed by atoms with E-state index in [4.69, 9.17) is 4.74 Å². The van der Waals surface area contributed by atoms with E-state index in [2.05, 4.69) is 21.2 Å². The van der Waals surface area contributed by atoms with Gasteiger partial charge in [0.1, 0.15) is 6.04 Å². The van der Waals surface area contributed by atoms with Gasteiger partial charge < -0.3 is 15.0 Å². The first-order valence-corrected chi connectivity index (χ1v) is 7.72. The third kappa shape index (κ3) is 4.04. The first-order valence-electron chi connectivity index (χ1n) is 6.92. The second-order valence-electron chi connectivity index (χ2n) is 5.12. The Morgan fingerprint density at radius 3 is 2.62 bits per heavy atom. The van der Waals surface area contributed by atoms with Gasteiger partial charge in [0.15, 0.2) is 0 Å². The van der Waals surface area contributed by atoms with Crippen molar-refractivity contribution >= 4 is 27.7 Å². The molecule has 114 valence electrons. The largest absolute Gasteiger partial charge is 0.378 e. The van der Waals surface area contributed by atoms with Crippen molar-refractivity contribution in [2.45, 2.75) is 19.9 Å². The molecular formula is C15H19BrN2O3. The zero-order valence-electron chi connectivity index (χ0n) is 12.2. The van der Waals surface area contributed by atoms with Gasteiger partial charge >= 0.3 is 0 Å². The molecule has 1 heterocycles. The molecule has 1 aromatic rings. The lowest BCUT2D eigenvalue weighted by molar-refractivity contribution is -0.136. The predicted octanol–water partition coefficient (Wildman–Crippen LogP) is 1.73. The fourth-order valence-corrected chi connectivity index (χ4v) is 2.87. The van der Waals surface area contributed by atoms with Crippen molar-refractivity contribution in [3.63, 3.8) is 0 Å². The van der Waals surface area contributed by atoms with Crippen molar-refractivity contribution in [3.05, 3.63) is 33.8 Å². The number of nitrogens with one attached hydrogen (secondary N) is 1. The van der Waals surface area contributed by atoms with Crippen molar-refractivity contribution in [2.24, 2.45) is 0 Å². The van der Waals surface area contributed by atoms with E-state index < -0.39 is 6.04 Å². The third-order valence-electron chi connectivity index (χ3n) is 3.41. The van der Waals surface area contributed by atoms with Crippen LogP contribution in [0.15, 0.2) is 22.7 Å². The van der Waals surface area contributed by atoms with Crippen LogP contribution in [0, 0.1) is 6.92 Å². The minimum atomic E-state index is -0.552. The highest BCUT2D eigenvalue weighted by Crippen LogP contribution is 2.18. The highest BCUT2D eigenvalue weighted by atomic mass is 79.9. The number of nitrogens with zero attached hydrogens (tertiary/aromatic N) is 1. The van der Waals surface area contributed by atoms with Gasteiger partial charge in [0.2, 0.25) is 5.91 Å². The average Bonchev–Trinajstić information content (AvgIpc) is 2.47. The molecule has 0 saturated carbocycles. The monoisotopic (exact) mass is 354 g/mol. The van der Waals surface area contributed by atoms with Gasteiger partial charge in [-0.1, -0.05) is 6.07 Å². The Labute approximate surface area is 132 Å². The van der Waals surface area contributed by atoms with Crippen LogP contribution in [0.2, 0.25) is 0 Å². The van der Waals surface area contributed by atoms with Crippen molar-refractivity contribution in [1.29, 1.82) is 0 Å². The molecule has 2 rings (SSSR count). The Morgan fingerprint density at radius 2 is 2.00 bits per heavy atom. The van der Waals surface area contributed by atoms with Crippen molar-refractivity contribution in [2.75, 3.05) is 26.3 Å². The number of rotatable bonds is 3. The molecular weight excluding hydrogens is 336 g/mol. The second-order valence-corrected chi connectivity index (χ2v) is 5.97. The summed E-state index contributed by atoms with van der Waals surface area (Å²) in [4.78, 5) is 26.2. The van der Waals surface area contributed by atoms with Gasteiger partial charge in [0.25, 0.3) is 5.91 Å². The summed E-state index contributed by atoms with van der Waals surface area (Å²) < 4.78 is 5.95. The van der Waals surface area contributed by atoms with Gasteiger partial charge in [-0.25, -0.2) is 0 Å². The molecule has 1 fully saturated rings. The first kappa shape index (κ1) is 16.0. The van der Waals surface area contributed by atoms with Crippen LogP contribution in [0.25, 0.3) is 0 Å². The number of carbonyl (C=O) groups excluding carboxylic acids is 2. The maximum Gasteiger partial charge on any atom is 0.253 e. The van der Waals surface area contributed by atoms with E-state index in [-0.39, 0.29) is 11.8 Å². The number of hydrogen-bond donors (Lipinski definition) is 1. The highest BCUT2D eigenvalue weighted by Gasteiger charge is 2.24. The van der Waals surface area contributed by atoms with Crippen molar-refractivity contribution in [3.8, 4) is 0 Å². The van der Waals surface area contributed by atoms with Crippen LogP contribution in [0.1, 0.15) is 22.8 Å². The lowest BCUT2D eigenvalue weighted by Crippen LogP contribution is -2.50. The third-order valence-corrected chi connectivity index (χ3v) is 4.07. The predicted molar refractivity (Wildman–Crippen MR) is 83.2 cm³/mol. The minimum Gasteiger partial charge on any atom is -0.378 e. The molecule has 1 N–H and O–H groups in total. The maximum absolute atomic E-state index is 12.2. The van der Waals surface area contributed by atoms with Gasteiger partial charge in [0, 0.05) is 17.6 Å². The topological polar surface area (TPSA) is 58.6 Å². The molecule has 6 heteroatoms. The molecule has 1 aromatic carbocycles. The number of aryl methyl sites for hydroxylation is 1. The quantitative estimate of drug-likeness (QED) is 0.899. The number of ether oxygens (including phenoxy) is 1. The summed E-state index contributed by atoms with van der Waals surface area (Å²) >= 11 is 3.38. The zero-order valence-corrected chi connectivity index (χ0v) is 13.8. The standard InChI is InChI=1S/C15H19BrN2O3/c1-10-3-4-12(13(16)9-10)14(19)17-11(2)15(20)18-5-7-21-8-6-18/h3-4,9,11H,5-8H2,1-2H3,(H,17,19). The molecule has 1 atom stereocenters. The first-order chi connectivity index (χ1) is 9.99. The van der Waals surface area contributed by atoms with E-state index in [1.165, 1.54) is 0 Å². The molecule has 0 spiro atoms. The summed E-state index contributed by atoms with van der Waals surface area (Å²) in [6.45, 7) is 5.92. The van der Waals surface area contributed by atoms with Gasteiger partial charge in [-0.2, -0.15) is 0 Å². The molecule has 0 bridgehead atoms. The van der Waals surface area contributed by atoms with Gasteiger partial charge in [-0.15, -0.1) is 0 Å². The molecule has 0 aromatic heterocycles. The van der Waals surface area contributed by atoms with E-state index in [0.717, 1.165) is 10.0 Å². The summed E-state index contributed by atoms with van der Waals surface area (Å²) in [6, 6.07) is 4.95. The molecule has 21 heavy (non-hydrogen) atoms. The van der Waals surface area contributed by atoms with Gasteiger partial charge in [0.05, 0.1) is 18.8 Å². The summed E-state index contributed by atoms with van der Waals surface area (Å²) in [6.07, 6.45) is 0. The Morgan fingerprint density at radius 1 is 1.33 bits per heavy atom.